The van der Waals surface area contributed by atoms with Crippen molar-refractivity contribution in [2.45, 2.75) is 32.6 Å². The summed E-state index contributed by atoms with van der Waals surface area (Å²) in [6.07, 6.45) is 2.42. The summed E-state index contributed by atoms with van der Waals surface area (Å²) < 4.78 is 0. The predicted octanol–water partition coefficient (Wildman–Crippen LogP) is 3.06. The number of hydrogen-bond donors (Lipinski definition) is 1. The van der Waals surface area contributed by atoms with E-state index < -0.39 is 0 Å². The number of rotatable bonds is 2. The van der Waals surface area contributed by atoms with Crippen molar-refractivity contribution >= 4 is 11.8 Å². The summed E-state index contributed by atoms with van der Waals surface area (Å²) in [5.41, 5.74) is 9.46. The number of hydrogen-bond acceptors (Lipinski definition) is 4. The highest BCUT2D eigenvalue weighted by molar-refractivity contribution is 5.44. The molecule has 1 aromatic heterocycles. The minimum absolute atomic E-state index is 0.364. The molecule has 0 saturated carbocycles. The summed E-state index contributed by atoms with van der Waals surface area (Å²) in [6.45, 7) is 6.15. The maximum absolute atomic E-state index is 5.78. The molecule has 4 heteroatoms. The van der Waals surface area contributed by atoms with Gasteiger partial charge in [0.1, 0.15) is 5.82 Å². The molecular weight excluding hydrogens is 260 g/mol. The molecule has 0 amide bonds. The van der Waals surface area contributed by atoms with Crippen LogP contribution in [0.3, 0.4) is 0 Å². The van der Waals surface area contributed by atoms with Crippen LogP contribution in [-0.2, 0) is 0 Å². The Balaban J connectivity index is 1.82. The SMILES string of the molecule is Cc1cccc(C2CCCN(c3cc(C)nc(N)n3)C2)c1. The number of aryl methyl sites for hydroxylation is 2. The predicted molar refractivity (Wildman–Crippen MR) is 86.5 cm³/mol. The molecule has 2 N–H and O–H groups in total. The lowest BCUT2D eigenvalue weighted by atomic mass is 9.90. The Labute approximate surface area is 126 Å². The van der Waals surface area contributed by atoms with E-state index in [2.05, 4.69) is 46.1 Å². The lowest BCUT2D eigenvalue weighted by Crippen LogP contribution is -2.35. The number of nitrogens with zero attached hydrogens (tertiary/aromatic N) is 3. The standard InChI is InChI=1S/C17H22N4/c1-12-5-3-6-14(9-12)15-7-4-8-21(11-15)16-10-13(2)19-17(18)20-16/h3,5-6,9-10,15H,4,7-8,11H2,1-2H3,(H2,18,19,20). The van der Waals surface area contributed by atoms with Crippen molar-refractivity contribution in [1.82, 2.24) is 9.97 Å². The van der Waals surface area contributed by atoms with Crippen molar-refractivity contribution in [2.24, 2.45) is 0 Å². The zero-order chi connectivity index (χ0) is 14.8. The van der Waals surface area contributed by atoms with Gasteiger partial charge in [-0.15, -0.1) is 0 Å². The van der Waals surface area contributed by atoms with Gasteiger partial charge in [0.05, 0.1) is 0 Å². The first kappa shape index (κ1) is 13.9. The van der Waals surface area contributed by atoms with Gasteiger partial charge < -0.3 is 10.6 Å². The van der Waals surface area contributed by atoms with E-state index in [4.69, 9.17) is 5.73 Å². The smallest absolute Gasteiger partial charge is 0.222 e. The third-order valence-corrected chi connectivity index (χ3v) is 4.12. The minimum atomic E-state index is 0.364. The molecule has 1 aromatic carbocycles. The summed E-state index contributed by atoms with van der Waals surface area (Å²) in [6, 6.07) is 10.9. The summed E-state index contributed by atoms with van der Waals surface area (Å²) in [4.78, 5) is 10.9. The Bertz CT molecular complexity index is 618. The highest BCUT2D eigenvalue weighted by atomic mass is 15.2. The average Bonchev–Trinajstić information content (AvgIpc) is 2.46. The van der Waals surface area contributed by atoms with Crippen LogP contribution in [0.25, 0.3) is 0 Å². The highest BCUT2D eigenvalue weighted by Gasteiger charge is 2.22. The summed E-state index contributed by atoms with van der Waals surface area (Å²) in [7, 11) is 0. The third-order valence-electron chi connectivity index (χ3n) is 4.12. The topological polar surface area (TPSA) is 55.0 Å². The molecule has 0 spiro atoms. The van der Waals surface area contributed by atoms with Crippen LogP contribution < -0.4 is 10.6 Å². The third kappa shape index (κ3) is 3.15. The molecule has 21 heavy (non-hydrogen) atoms. The van der Waals surface area contributed by atoms with Crippen LogP contribution >= 0.6 is 0 Å². The molecule has 1 fully saturated rings. The van der Waals surface area contributed by atoms with E-state index in [1.807, 2.05) is 13.0 Å². The van der Waals surface area contributed by atoms with Gasteiger partial charge in [0, 0.05) is 30.8 Å². The highest BCUT2D eigenvalue weighted by Crippen LogP contribution is 2.29. The summed E-state index contributed by atoms with van der Waals surface area (Å²) >= 11 is 0. The lowest BCUT2D eigenvalue weighted by molar-refractivity contribution is 0.507. The Morgan fingerprint density at radius 3 is 2.81 bits per heavy atom. The first-order chi connectivity index (χ1) is 10.1. The Morgan fingerprint density at radius 1 is 1.19 bits per heavy atom. The number of anilines is 2. The van der Waals surface area contributed by atoms with Crippen molar-refractivity contribution in [2.75, 3.05) is 23.7 Å². The zero-order valence-corrected chi connectivity index (χ0v) is 12.7. The molecule has 1 atom stereocenters. The van der Waals surface area contributed by atoms with Crippen LogP contribution in [0.1, 0.15) is 35.6 Å². The maximum atomic E-state index is 5.78. The van der Waals surface area contributed by atoms with Crippen LogP contribution in [0.4, 0.5) is 11.8 Å². The van der Waals surface area contributed by atoms with E-state index in [0.29, 0.717) is 11.9 Å². The molecule has 0 bridgehead atoms. The van der Waals surface area contributed by atoms with Crippen LogP contribution in [0.2, 0.25) is 0 Å². The van der Waals surface area contributed by atoms with Crippen LogP contribution in [0.15, 0.2) is 30.3 Å². The van der Waals surface area contributed by atoms with E-state index in [9.17, 15) is 0 Å². The normalized spacial score (nSPS) is 18.8. The fraction of sp³-hybridized carbons (Fsp3) is 0.412. The van der Waals surface area contributed by atoms with Gasteiger partial charge in [-0.05, 0) is 32.3 Å². The van der Waals surface area contributed by atoms with Crippen LogP contribution in [-0.4, -0.2) is 23.1 Å². The van der Waals surface area contributed by atoms with Gasteiger partial charge in [0.2, 0.25) is 5.95 Å². The first-order valence-corrected chi connectivity index (χ1v) is 7.54. The van der Waals surface area contributed by atoms with E-state index >= 15 is 0 Å². The fourth-order valence-corrected chi connectivity index (χ4v) is 3.12. The van der Waals surface area contributed by atoms with Crippen molar-refractivity contribution in [1.29, 1.82) is 0 Å². The largest absolute Gasteiger partial charge is 0.368 e. The molecule has 2 aromatic rings. The minimum Gasteiger partial charge on any atom is -0.368 e. The quantitative estimate of drug-likeness (QED) is 0.919. The molecule has 1 aliphatic heterocycles. The molecule has 2 heterocycles. The van der Waals surface area contributed by atoms with Crippen molar-refractivity contribution in [3.05, 3.63) is 47.2 Å². The van der Waals surface area contributed by atoms with E-state index in [0.717, 1.165) is 24.6 Å². The lowest BCUT2D eigenvalue weighted by Gasteiger charge is -2.34. The van der Waals surface area contributed by atoms with Gasteiger partial charge in [-0.2, -0.15) is 4.98 Å². The monoisotopic (exact) mass is 282 g/mol. The molecule has 110 valence electrons. The van der Waals surface area contributed by atoms with Crippen LogP contribution in [0.5, 0.6) is 0 Å². The zero-order valence-electron chi connectivity index (χ0n) is 12.7. The maximum Gasteiger partial charge on any atom is 0.222 e. The number of aromatic nitrogens is 2. The molecule has 4 nitrogen and oxygen atoms in total. The summed E-state index contributed by atoms with van der Waals surface area (Å²) in [5, 5.41) is 0. The Kier molecular flexibility index (Phi) is 3.78. The number of nitrogen functional groups attached to an aromatic ring is 1. The van der Waals surface area contributed by atoms with Crippen LogP contribution in [0, 0.1) is 13.8 Å². The van der Waals surface area contributed by atoms with Crippen molar-refractivity contribution < 1.29 is 0 Å². The molecule has 1 unspecified atom stereocenters. The fourth-order valence-electron chi connectivity index (χ4n) is 3.12. The second kappa shape index (κ2) is 5.72. The van der Waals surface area contributed by atoms with E-state index in [-0.39, 0.29) is 0 Å². The molecule has 0 aliphatic carbocycles. The number of nitrogens with two attached hydrogens (primary N) is 1. The second-order valence-corrected chi connectivity index (χ2v) is 5.93. The van der Waals surface area contributed by atoms with Gasteiger partial charge in [0.15, 0.2) is 0 Å². The summed E-state index contributed by atoms with van der Waals surface area (Å²) in [5.74, 6) is 1.88. The molecule has 1 saturated heterocycles. The van der Waals surface area contributed by atoms with Gasteiger partial charge >= 0.3 is 0 Å². The first-order valence-electron chi connectivity index (χ1n) is 7.54. The number of piperidine rings is 1. The van der Waals surface area contributed by atoms with E-state index in [1.165, 1.54) is 24.0 Å². The molecule has 3 rings (SSSR count). The number of benzene rings is 1. The van der Waals surface area contributed by atoms with E-state index in [1.54, 1.807) is 0 Å². The Hall–Kier alpha value is -2.10. The average molecular weight is 282 g/mol. The second-order valence-electron chi connectivity index (χ2n) is 5.93. The van der Waals surface area contributed by atoms with Crippen molar-refractivity contribution in [3.63, 3.8) is 0 Å². The molecule has 0 radical (unpaired) electrons. The van der Waals surface area contributed by atoms with Gasteiger partial charge in [-0.1, -0.05) is 29.8 Å². The molecular formula is C17H22N4. The van der Waals surface area contributed by atoms with Gasteiger partial charge in [0.25, 0.3) is 0 Å². The Morgan fingerprint density at radius 2 is 2.05 bits per heavy atom. The molecule has 1 aliphatic rings. The van der Waals surface area contributed by atoms with Gasteiger partial charge in [-0.3, -0.25) is 0 Å². The van der Waals surface area contributed by atoms with Crippen molar-refractivity contribution in [3.8, 4) is 0 Å². The van der Waals surface area contributed by atoms with Gasteiger partial charge in [-0.25, -0.2) is 4.98 Å².